The molecule has 0 spiro atoms. The summed E-state index contributed by atoms with van der Waals surface area (Å²) in [6.07, 6.45) is 0. The Labute approximate surface area is 617 Å². The maximum Gasteiger partial charge on any atom is 0.252 e. The molecule has 0 aromatic heterocycles. The number of nitrogens with zero attached hydrogens (tertiary/aromatic N) is 4. The predicted molar refractivity (Wildman–Crippen MR) is 449 cm³/mol. The molecule has 0 amide bonds. The zero-order chi connectivity index (χ0) is 70.9. The standard InChI is InChI=1S/C100H79BN4/c1-99(2,3)73-63-84(68-36-15-7-16-37-68)97(85(64-73)69-38-17-8-18-39-69)104-90-56-35-57-91-95(90)101(88-60-58-72(62-92(88)104)94-80-52-31-33-54-82(80)96(83-55-34-32-53-81(83)94)103(77-48-27-13-28-49-77)78-50-29-14-30-51-78)89-61-59-79(102(75-44-23-11-24-45-75)76-46-25-12-26-47-76)67-93(89)105(91)98-86(70-40-19-9-20-41-70)65-74(100(4,5)6)66-87(98)71-42-21-10-22-43-71/h7-67H,1-6H3. The summed E-state index contributed by atoms with van der Waals surface area (Å²) in [5.41, 5.74) is 30.6. The zero-order valence-corrected chi connectivity index (χ0v) is 60.1. The van der Waals surface area contributed by atoms with Crippen LogP contribution >= 0.6 is 0 Å². The van der Waals surface area contributed by atoms with Gasteiger partial charge in [-0.05, 0) is 186 Å². The van der Waals surface area contributed by atoms with Gasteiger partial charge in [0.25, 0.3) is 6.71 Å². The molecule has 0 saturated heterocycles. The summed E-state index contributed by atoms with van der Waals surface area (Å²) in [4.78, 5) is 10.2. The van der Waals surface area contributed by atoms with Crippen LogP contribution in [0.25, 0.3) is 77.2 Å². The summed E-state index contributed by atoms with van der Waals surface area (Å²) in [6.45, 7) is 13.8. The second-order valence-electron chi connectivity index (χ2n) is 30.0. The third-order valence-corrected chi connectivity index (χ3v) is 21.4. The van der Waals surface area contributed by atoms with Crippen molar-refractivity contribution < 1.29 is 0 Å². The molecule has 16 aromatic rings. The number of hydrogen-bond donors (Lipinski definition) is 0. The van der Waals surface area contributed by atoms with Crippen LogP contribution in [0.1, 0.15) is 52.7 Å². The van der Waals surface area contributed by atoms with Gasteiger partial charge < -0.3 is 19.6 Å². The van der Waals surface area contributed by atoms with E-state index in [-0.39, 0.29) is 17.5 Å². The number of benzene rings is 16. The Morgan fingerprint density at radius 1 is 0.248 bits per heavy atom. The molecule has 5 heteroatoms. The first-order chi connectivity index (χ1) is 51.4. The molecule has 2 aliphatic heterocycles. The van der Waals surface area contributed by atoms with Crippen molar-refractivity contribution in [3.63, 3.8) is 0 Å². The summed E-state index contributed by atoms with van der Waals surface area (Å²) in [5.74, 6) is 0. The van der Waals surface area contributed by atoms with Crippen LogP contribution in [0, 0.1) is 0 Å². The summed E-state index contributed by atoms with van der Waals surface area (Å²) >= 11 is 0. The van der Waals surface area contributed by atoms with Crippen LogP contribution in [0.4, 0.5) is 68.2 Å². The van der Waals surface area contributed by atoms with Gasteiger partial charge in [-0.25, -0.2) is 0 Å². The Balaban J connectivity index is 0.988. The minimum absolute atomic E-state index is 0.189. The molecule has 18 rings (SSSR count). The molecule has 2 heterocycles. The van der Waals surface area contributed by atoms with E-state index in [0.29, 0.717) is 0 Å². The molecule has 0 N–H and O–H groups in total. The Morgan fingerprint density at radius 3 is 0.924 bits per heavy atom. The number of fused-ring (bicyclic) bond motifs is 6. The predicted octanol–water partition coefficient (Wildman–Crippen LogP) is 25.9. The molecule has 105 heavy (non-hydrogen) atoms. The number of hydrogen-bond acceptors (Lipinski definition) is 4. The lowest BCUT2D eigenvalue weighted by atomic mass is 9.33. The molecule has 0 fully saturated rings. The zero-order valence-electron chi connectivity index (χ0n) is 60.1. The van der Waals surface area contributed by atoms with E-state index < -0.39 is 0 Å². The SMILES string of the molecule is CC(C)(C)c1cc(-c2ccccc2)c(N2c3cc(-c4c5ccccc5c(N(c5ccccc5)c5ccccc5)c5ccccc45)ccc3B3c4ccc(N(c5ccccc5)c5ccccc5)cc4N(c4c(-c5ccccc5)cc(C(C)(C)C)cc4-c4ccccc4)c4cccc2c43)c(-c2ccccc2)c1. The van der Waals surface area contributed by atoms with Crippen LogP contribution in [0.15, 0.2) is 370 Å². The summed E-state index contributed by atoms with van der Waals surface area (Å²) in [6, 6.07) is 138. The highest BCUT2D eigenvalue weighted by atomic mass is 15.2. The van der Waals surface area contributed by atoms with Crippen molar-refractivity contribution in [2.75, 3.05) is 19.6 Å². The van der Waals surface area contributed by atoms with Crippen LogP contribution in [-0.4, -0.2) is 6.71 Å². The Hall–Kier alpha value is -12.7. The van der Waals surface area contributed by atoms with Gasteiger partial charge in [0.05, 0.1) is 17.1 Å². The van der Waals surface area contributed by atoms with Crippen molar-refractivity contribution in [1.82, 2.24) is 0 Å². The minimum atomic E-state index is -0.247. The fraction of sp³-hybridized carbons (Fsp3) is 0.0800. The van der Waals surface area contributed by atoms with Crippen molar-refractivity contribution >= 4 is 113 Å². The highest BCUT2D eigenvalue weighted by Gasteiger charge is 2.46. The summed E-state index contributed by atoms with van der Waals surface area (Å²) in [7, 11) is 0. The quantitative estimate of drug-likeness (QED) is 0.0842. The number of para-hydroxylation sites is 4. The molecule has 0 aliphatic carbocycles. The van der Waals surface area contributed by atoms with Gasteiger partial charge in [0.2, 0.25) is 0 Å². The molecule has 4 nitrogen and oxygen atoms in total. The van der Waals surface area contributed by atoms with Gasteiger partial charge in [-0.3, -0.25) is 0 Å². The molecule has 16 aromatic carbocycles. The van der Waals surface area contributed by atoms with Crippen molar-refractivity contribution in [2.45, 2.75) is 52.4 Å². The van der Waals surface area contributed by atoms with Gasteiger partial charge in [0.1, 0.15) is 0 Å². The number of rotatable bonds is 13. The van der Waals surface area contributed by atoms with E-state index in [9.17, 15) is 0 Å². The average molecular weight is 1350 g/mol. The highest BCUT2D eigenvalue weighted by molar-refractivity contribution is 7.00. The van der Waals surface area contributed by atoms with E-state index in [1.807, 2.05) is 0 Å². The second kappa shape index (κ2) is 26.3. The first-order valence-corrected chi connectivity index (χ1v) is 36.8. The van der Waals surface area contributed by atoms with E-state index in [4.69, 9.17) is 0 Å². The summed E-state index contributed by atoms with van der Waals surface area (Å²) < 4.78 is 0. The summed E-state index contributed by atoms with van der Waals surface area (Å²) in [5, 5.41) is 4.67. The first kappa shape index (κ1) is 64.4. The smallest absolute Gasteiger partial charge is 0.252 e. The third kappa shape index (κ3) is 11.3. The van der Waals surface area contributed by atoms with Gasteiger partial charge in [0.15, 0.2) is 0 Å². The molecule has 2 aliphatic rings. The van der Waals surface area contributed by atoms with Gasteiger partial charge in [-0.1, -0.05) is 308 Å². The molecule has 0 bridgehead atoms. The van der Waals surface area contributed by atoms with E-state index >= 15 is 0 Å². The largest absolute Gasteiger partial charge is 0.310 e. The molecular weight excluding hydrogens is 1270 g/mol. The van der Waals surface area contributed by atoms with E-state index in [1.165, 1.54) is 43.9 Å². The lowest BCUT2D eigenvalue weighted by molar-refractivity contribution is 0.590. The van der Waals surface area contributed by atoms with Crippen LogP contribution in [0.3, 0.4) is 0 Å². The highest BCUT2D eigenvalue weighted by Crippen LogP contribution is 2.56. The fourth-order valence-corrected chi connectivity index (χ4v) is 16.5. The van der Waals surface area contributed by atoms with Gasteiger partial charge in [0, 0.05) is 84.2 Å². The lowest BCUT2D eigenvalue weighted by Gasteiger charge is -2.46. The van der Waals surface area contributed by atoms with Gasteiger partial charge in [-0.15, -0.1) is 0 Å². The van der Waals surface area contributed by atoms with E-state index in [0.717, 1.165) is 129 Å². The van der Waals surface area contributed by atoms with Crippen LogP contribution in [0.2, 0.25) is 0 Å². The molecular formula is C100H79BN4. The van der Waals surface area contributed by atoms with Crippen molar-refractivity contribution in [3.05, 3.63) is 381 Å². The van der Waals surface area contributed by atoms with E-state index in [2.05, 4.69) is 431 Å². The maximum atomic E-state index is 2.69. The second-order valence-corrected chi connectivity index (χ2v) is 30.0. The average Bonchev–Trinajstić information content (AvgIpc) is 0.691. The molecule has 0 saturated carbocycles. The van der Waals surface area contributed by atoms with Crippen molar-refractivity contribution in [3.8, 4) is 55.6 Å². The van der Waals surface area contributed by atoms with Crippen LogP contribution < -0.4 is 36.0 Å². The van der Waals surface area contributed by atoms with E-state index in [1.54, 1.807) is 0 Å². The molecule has 502 valence electrons. The fourth-order valence-electron chi connectivity index (χ4n) is 16.5. The lowest BCUT2D eigenvalue weighted by Crippen LogP contribution is -2.61. The topological polar surface area (TPSA) is 13.0 Å². The molecule has 0 radical (unpaired) electrons. The normalized spacial score (nSPS) is 12.4. The third-order valence-electron chi connectivity index (χ3n) is 21.4. The Bertz CT molecular complexity index is 5660. The Kier molecular flexibility index (Phi) is 16.1. The van der Waals surface area contributed by atoms with Crippen LogP contribution in [-0.2, 0) is 10.8 Å². The maximum absolute atomic E-state index is 2.69. The first-order valence-electron chi connectivity index (χ1n) is 36.8. The minimum Gasteiger partial charge on any atom is -0.310 e. The molecule has 0 atom stereocenters. The van der Waals surface area contributed by atoms with Crippen LogP contribution in [0.5, 0.6) is 0 Å². The Morgan fingerprint density at radius 2 is 0.562 bits per heavy atom. The van der Waals surface area contributed by atoms with Crippen molar-refractivity contribution in [2.24, 2.45) is 0 Å². The van der Waals surface area contributed by atoms with Gasteiger partial charge in [-0.2, -0.15) is 0 Å². The van der Waals surface area contributed by atoms with Gasteiger partial charge >= 0.3 is 0 Å². The monoisotopic (exact) mass is 1350 g/mol. The number of anilines is 12. The van der Waals surface area contributed by atoms with Crippen molar-refractivity contribution in [1.29, 1.82) is 0 Å². The molecule has 0 unspecified atom stereocenters.